The fourth-order valence-corrected chi connectivity index (χ4v) is 2.65. The summed E-state index contributed by atoms with van der Waals surface area (Å²) in [4.78, 5) is 0. The van der Waals surface area contributed by atoms with E-state index in [0.29, 0.717) is 16.1 Å². The molecule has 0 fully saturated rings. The first-order valence-electron chi connectivity index (χ1n) is 8.54. The number of hydrogen-bond donors (Lipinski definition) is 2. The lowest BCUT2D eigenvalue weighted by molar-refractivity contribution is 0.0928. The minimum absolute atomic E-state index is 0.590. The van der Waals surface area contributed by atoms with Gasteiger partial charge in [0.15, 0.2) is 5.11 Å². The molecule has 1 unspecified atom stereocenters. The third-order valence-electron chi connectivity index (χ3n) is 3.77. The largest absolute Gasteiger partial charge is 0.381 e. The van der Waals surface area contributed by atoms with Crippen LogP contribution in [0.1, 0.15) is 46.0 Å². The number of halogens is 1. The number of unbranched alkanes of at least 4 members (excludes halogenated alkanes) is 1. The molecule has 0 heterocycles. The van der Waals surface area contributed by atoms with Gasteiger partial charge in [-0.1, -0.05) is 56.8 Å². The molecular formula is C18H29ClN2OS. The lowest BCUT2D eigenvalue weighted by atomic mass is 10.0. The van der Waals surface area contributed by atoms with Crippen LogP contribution < -0.4 is 10.6 Å². The van der Waals surface area contributed by atoms with Crippen LogP contribution in [0.2, 0.25) is 5.02 Å². The second kappa shape index (κ2) is 12.6. The van der Waals surface area contributed by atoms with Crippen LogP contribution in [-0.4, -0.2) is 24.9 Å². The number of rotatable bonds is 11. The van der Waals surface area contributed by atoms with Crippen LogP contribution in [0.15, 0.2) is 24.3 Å². The van der Waals surface area contributed by atoms with E-state index in [2.05, 4.69) is 24.5 Å². The molecule has 5 heteroatoms. The summed E-state index contributed by atoms with van der Waals surface area (Å²) in [6.45, 7) is 6.91. The van der Waals surface area contributed by atoms with E-state index in [1.54, 1.807) is 0 Å². The van der Waals surface area contributed by atoms with E-state index in [1.807, 2.05) is 24.3 Å². The van der Waals surface area contributed by atoms with E-state index < -0.39 is 0 Å². The van der Waals surface area contributed by atoms with Crippen LogP contribution in [0.25, 0.3) is 0 Å². The average Bonchev–Trinajstić information content (AvgIpc) is 2.55. The quantitative estimate of drug-likeness (QED) is 0.419. The SMILES string of the molecule is CCCCC(CC)COCCCNC(=S)Nc1ccccc1Cl. The zero-order chi connectivity index (χ0) is 16.9. The van der Waals surface area contributed by atoms with Gasteiger partial charge in [0, 0.05) is 19.8 Å². The number of para-hydroxylation sites is 1. The average molecular weight is 357 g/mol. The molecule has 1 rings (SSSR count). The van der Waals surface area contributed by atoms with E-state index in [-0.39, 0.29) is 0 Å². The van der Waals surface area contributed by atoms with Gasteiger partial charge in [-0.25, -0.2) is 0 Å². The summed E-state index contributed by atoms with van der Waals surface area (Å²) in [5.74, 6) is 0.700. The fourth-order valence-electron chi connectivity index (χ4n) is 2.25. The first-order valence-corrected chi connectivity index (χ1v) is 9.33. The van der Waals surface area contributed by atoms with Crippen LogP contribution >= 0.6 is 23.8 Å². The van der Waals surface area contributed by atoms with Gasteiger partial charge in [0.1, 0.15) is 0 Å². The molecule has 0 aliphatic heterocycles. The maximum atomic E-state index is 6.08. The number of benzene rings is 1. The predicted molar refractivity (Wildman–Crippen MR) is 104 cm³/mol. The Balaban J connectivity index is 2.08. The summed E-state index contributed by atoms with van der Waals surface area (Å²) in [6, 6.07) is 7.56. The summed E-state index contributed by atoms with van der Waals surface area (Å²) in [5.41, 5.74) is 0.824. The second-order valence-electron chi connectivity index (χ2n) is 5.71. The van der Waals surface area contributed by atoms with Gasteiger partial charge >= 0.3 is 0 Å². The molecule has 0 bridgehead atoms. The van der Waals surface area contributed by atoms with Gasteiger partial charge in [0.05, 0.1) is 10.7 Å². The summed E-state index contributed by atoms with van der Waals surface area (Å²) in [6.07, 6.45) is 5.97. The molecule has 0 radical (unpaired) electrons. The van der Waals surface area contributed by atoms with Gasteiger partial charge < -0.3 is 15.4 Å². The smallest absolute Gasteiger partial charge is 0.170 e. The fraction of sp³-hybridized carbons (Fsp3) is 0.611. The van der Waals surface area contributed by atoms with Crippen LogP contribution in [0.3, 0.4) is 0 Å². The Hall–Kier alpha value is -0.840. The Kier molecular flexibility index (Phi) is 11.0. The number of anilines is 1. The van der Waals surface area contributed by atoms with Crippen molar-refractivity contribution in [3.05, 3.63) is 29.3 Å². The highest BCUT2D eigenvalue weighted by Gasteiger charge is 2.05. The maximum absolute atomic E-state index is 6.08. The van der Waals surface area contributed by atoms with Crippen molar-refractivity contribution < 1.29 is 4.74 Å². The Morgan fingerprint density at radius 1 is 1.26 bits per heavy atom. The van der Waals surface area contributed by atoms with Crippen molar-refractivity contribution in [3.63, 3.8) is 0 Å². The normalized spacial score (nSPS) is 12.0. The molecule has 1 aromatic carbocycles. The molecule has 0 amide bonds. The lowest BCUT2D eigenvalue weighted by Crippen LogP contribution is -2.30. The lowest BCUT2D eigenvalue weighted by Gasteiger charge is -2.15. The molecule has 0 saturated carbocycles. The second-order valence-corrected chi connectivity index (χ2v) is 6.52. The van der Waals surface area contributed by atoms with E-state index in [9.17, 15) is 0 Å². The van der Waals surface area contributed by atoms with Crippen LogP contribution in [0, 0.1) is 5.92 Å². The molecule has 1 aromatic rings. The molecule has 3 nitrogen and oxygen atoms in total. The molecule has 1 atom stereocenters. The molecule has 0 aliphatic carbocycles. The zero-order valence-electron chi connectivity index (χ0n) is 14.2. The highest BCUT2D eigenvalue weighted by atomic mass is 35.5. The first-order chi connectivity index (χ1) is 11.2. The zero-order valence-corrected chi connectivity index (χ0v) is 15.8. The number of nitrogens with one attached hydrogen (secondary N) is 2. The topological polar surface area (TPSA) is 33.3 Å². The van der Waals surface area contributed by atoms with Gasteiger partial charge in [-0.15, -0.1) is 0 Å². The van der Waals surface area contributed by atoms with Crippen LogP contribution in [0.4, 0.5) is 5.69 Å². The molecular weight excluding hydrogens is 328 g/mol. The van der Waals surface area contributed by atoms with Gasteiger partial charge in [-0.05, 0) is 43.1 Å². The third kappa shape index (κ3) is 9.14. The van der Waals surface area contributed by atoms with Crippen molar-refractivity contribution >= 4 is 34.6 Å². The molecule has 23 heavy (non-hydrogen) atoms. The van der Waals surface area contributed by atoms with Crippen molar-refractivity contribution in [1.29, 1.82) is 0 Å². The number of hydrogen-bond acceptors (Lipinski definition) is 2. The minimum Gasteiger partial charge on any atom is -0.381 e. The van der Waals surface area contributed by atoms with Crippen molar-refractivity contribution in [2.45, 2.75) is 46.0 Å². The number of ether oxygens (including phenoxy) is 1. The van der Waals surface area contributed by atoms with Crippen molar-refractivity contribution in [2.24, 2.45) is 5.92 Å². The summed E-state index contributed by atoms with van der Waals surface area (Å²) >= 11 is 11.3. The highest BCUT2D eigenvalue weighted by molar-refractivity contribution is 7.80. The predicted octanol–water partition coefficient (Wildman–Crippen LogP) is 5.25. The summed E-state index contributed by atoms with van der Waals surface area (Å²) < 4.78 is 5.78. The standard InChI is InChI=1S/C18H29ClN2OS/c1-3-5-9-15(4-2)14-22-13-8-12-20-18(23)21-17-11-7-6-10-16(17)19/h6-7,10-11,15H,3-5,8-9,12-14H2,1-2H3,(H2,20,21,23). The first kappa shape index (κ1) is 20.2. The molecule has 0 aliphatic rings. The van der Waals surface area contributed by atoms with Gasteiger partial charge in [-0.2, -0.15) is 0 Å². The van der Waals surface area contributed by atoms with Crippen molar-refractivity contribution in [3.8, 4) is 0 Å². The monoisotopic (exact) mass is 356 g/mol. The van der Waals surface area contributed by atoms with Crippen LogP contribution in [-0.2, 0) is 4.74 Å². The molecule has 0 spiro atoms. The Morgan fingerprint density at radius 2 is 2.04 bits per heavy atom. The number of thiocarbonyl (C=S) groups is 1. The molecule has 130 valence electrons. The third-order valence-corrected chi connectivity index (χ3v) is 4.35. The Labute approximate surface area is 151 Å². The van der Waals surface area contributed by atoms with Crippen molar-refractivity contribution in [2.75, 3.05) is 25.1 Å². The van der Waals surface area contributed by atoms with E-state index in [0.717, 1.165) is 31.9 Å². The maximum Gasteiger partial charge on any atom is 0.170 e. The Bertz CT molecular complexity index is 456. The molecule has 0 aromatic heterocycles. The van der Waals surface area contributed by atoms with Crippen molar-refractivity contribution in [1.82, 2.24) is 5.32 Å². The van der Waals surface area contributed by atoms with Gasteiger partial charge in [0.2, 0.25) is 0 Å². The van der Waals surface area contributed by atoms with Gasteiger partial charge in [-0.3, -0.25) is 0 Å². The molecule has 0 saturated heterocycles. The Morgan fingerprint density at radius 3 is 2.74 bits per heavy atom. The van der Waals surface area contributed by atoms with E-state index in [1.165, 1.54) is 25.7 Å². The van der Waals surface area contributed by atoms with Gasteiger partial charge in [0.25, 0.3) is 0 Å². The van der Waals surface area contributed by atoms with Crippen LogP contribution in [0.5, 0.6) is 0 Å². The summed E-state index contributed by atoms with van der Waals surface area (Å²) in [7, 11) is 0. The van der Waals surface area contributed by atoms with E-state index in [4.69, 9.17) is 28.6 Å². The molecule has 2 N–H and O–H groups in total. The van der Waals surface area contributed by atoms with E-state index >= 15 is 0 Å². The highest BCUT2D eigenvalue weighted by Crippen LogP contribution is 2.20. The summed E-state index contributed by atoms with van der Waals surface area (Å²) in [5, 5.41) is 7.53. The minimum atomic E-state index is 0.590.